The number of alkyl halides is 3. The van der Waals surface area contributed by atoms with Crippen molar-refractivity contribution in [3.8, 4) is 11.5 Å². The van der Waals surface area contributed by atoms with Gasteiger partial charge in [0, 0.05) is 0 Å². The average Bonchev–Trinajstić information content (AvgIpc) is 2.27. The summed E-state index contributed by atoms with van der Waals surface area (Å²) in [7, 11) is 1.30. The Balaban J connectivity index is 2.93. The molecular formula is C11H12F3NO4. The fourth-order valence-electron chi connectivity index (χ4n) is 1.45. The minimum atomic E-state index is -4.53. The second kappa shape index (κ2) is 5.79. The van der Waals surface area contributed by atoms with Crippen LogP contribution in [0.4, 0.5) is 13.2 Å². The van der Waals surface area contributed by atoms with Crippen LogP contribution in [-0.4, -0.2) is 36.0 Å². The number of methoxy groups -OCH3 is 1. The van der Waals surface area contributed by atoms with Gasteiger partial charge in [0.25, 0.3) is 0 Å². The van der Waals surface area contributed by atoms with Gasteiger partial charge in [0.05, 0.1) is 13.7 Å². The summed E-state index contributed by atoms with van der Waals surface area (Å²) in [6.07, 6.45) is -4.53. The molecule has 106 valence electrons. The average molecular weight is 279 g/mol. The Morgan fingerprint density at radius 3 is 2.53 bits per heavy atom. The molecule has 0 aliphatic heterocycles. The predicted molar refractivity (Wildman–Crippen MR) is 59.1 cm³/mol. The highest BCUT2D eigenvalue weighted by Crippen LogP contribution is 2.29. The summed E-state index contributed by atoms with van der Waals surface area (Å²) in [5.41, 5.74) is -0.00458. The summed E-state index contributed by atoms with van der Waals surface area (Å²) in [4.78, 5) is 10.9. The minimum Gasteiger partial charge on any atom is -0.504 e. The second-order valence-electron chi connectivity index (χ2n) is 3.70. The number of nitrogens with one attached hydrogen (secondary N) is 1. The Labute approximate surface area is 106 Å². The number of phenolic OH excluding ortho intramolecular Hbond substituents is 1. The van der Waals surface area contributed by atoms with E-state index in [-0.39, 0.29) is 17.1 Å². The number of halogens is 3. The van der Waals surface area contributed by atoms with Crippen LogP contribution in [0.1, 0.15) is 11.6 Å². The zero-order valence-corrected chi connectivity index (χ0v) is 9.86. The van der Waals surface area contributed by atoms with Gasteiger partial charge >= 0.3 is 12.1 Å². The third kappa shape index (κ3) is 4.32. The van der Waals surface area contributed by atoms with Crippen LogP contribution in [0.5, 0.6) is 11.5 Å². The molecule has 0 saturated carbocycles. The highest BCUT2D eigenvalue weighted by atomic mass is 19.4. The highest BCUT2D eigenvalue weighted by Gasteiger charge is 2.30. The third-order valence-corrected chi connectivity index (χ3v) is 2.29. The van der Waals surface area contributed by atoms with Gasteiger partial charge in [-0.2, -0.15) is 13.2 Å². The number of carboxylic acid groups (broad SMARTS) is 1. The summed E-state index contributed by atoms with van der Waals surface area (Å²) in [6, 6.07) is 2.01. The van der Waals surface area contributed by atoms with Gasteiger partial charge in [0.1, 0.15) is 6.04 Å². The van der Waals surface area contributed by atoms with E-state index < -0.39 is 24.7 Å². The van der Waals surface area contributed by atoms with Crippen LogP contribution in [0, 0.1) is 0 Å². The van der Waals surface area contributed by atoms with Crippen molar-refractivity contribution in [1.29, 1.82) is 0 Å². The summed E-state index contributed by atoms with van der Waals surface area (Å²) >= 11 is 0. The van der Waals surface area contributed by atoms with E-state index in [0.29, 0.717) is 0 Å². The molecule has 1 rings (SSSR count). The van der Waals surface area contributed by atoms with Crippen LogP contribution in [0.2, 0.25) is 0 Å². The normalized spacial score (nSPS) is 13.1. The van der Waals surface area contributed by atoms with E-state index in [4.69, 9.17) is 9.84 Å². The number of rotatable bonds is 5. The van der Waals surface area contributed by atoms with E-state index in [0.717, 1.165) is 6.07 Å². The zero-order chi connectivity index (χ0) is 14.6. The van der Waals surface area contributed by atoms with Crippen molar-refractivity contribution in [3.05, 3.63) is 23.8 Å². The summed E-state index contributed by atoms with van der Waals surface area (Å²) in [5.74, 6) is -1.72. The summed E-state index contributed by atoms with van der Waals surface area (Å²) in [5, 5.41) is 20.2. The number of carboxylic acids is 1. The first kappa shape index (κ1) is 15.1. The maximum atomic E-state index is 12.1. The van der Waals surface area contributed by atoms with Crippen LogP contribution < -0.4 is 10.1 Å². The Kier molecular flexibility index (Phi) is 4.60. The van der Waals surface area contributed by atoms with Gasteiger partial charge in [-0.15, -0.1) is 0 Å². The number of carbonyl (C=O) groups is 1. The fourth-order valence-corrected chi connectivity index (χ4v) is 1.45. The first-order valence-corrected chi connectivity index (χ1v) is 5.14. The Bertz CT molecular complexity index is 462. The van der Waals surface area contributed by atoms with Crippen molar-refractivity contribution in [1.82, 2.24) is 5.32 Å². The molecule has 0 fully saturated rings. The van der Waals surface area contributed by atoms with Crippen LogP contribution in [-0.2, 0) is 4.79 Å². The molecule has 5 nitrogen and oxygen atoms in total. The molecule has 0 amide bonds. The maximum Gasteiger partial charge on any atom is 0.401 e. The molecule has 0 aliphatic rings. The Morgan fingerprint density at radius 2 is 2.11 bits per heavy atom. The number of hydrogen-bond acceptors (Lipinski definition) is 4. The lowest BCUT2D eigenvalue weighted by atomic mass is 10.1. The van der Waals surface area contributed by atoms with Gasteiger partial charge in [-0.3, -0.25) is 10.1 Å². The second-order valence-corrected chi connectivity index (χ2v) is 3.70. The number of benzene rings is 1. The van der Waals surface area contributed by atoms with Gasteiger partial charge < -0.3 is 14.9 Å². The van der Waals surface area contributed by atoms with E-state index in [9.17, 15) is 23.1 Å². The molecule has 1 aromatic carbocycles. The van der Waals surface area contributed by atoms with E-state index in [1.54, 1.807) is 0 Å². The Morgan fingerprint density at radius 1 is 1.47 bits per heavy atom. The van der Waals surface area contributed by atoms with E-state index in [1.807, 2.05) is 5.32 Å². The minimum absolute atomic E-state index is 0.00458. The number of phenols is 1. The first-order chi connectivity index (χ1) is 8.74. The predicted octanol–water partition coefficient (Wildman–Crippen LogP) is 1.68. The largest absolute Gasteiger partial charge is 0.504 e. The van der Waals surface area contributed by atoms with E-state index in [1.165, 1.54) is 19.2 Å². The molecule has 0 radical (unpaired) electrons. The summed E-state index contributed by atoms with van der Waals surface area (Å²) in [6.45, 7) is -1.45. The molecule has 0 heterocycles. The van der Waals surface area contributed by atoms with Crippen LogP contribution in [0.15, 0.2) is 18.2 Å². The molecule has 0 bridgehead atoms. The molecule has 8 heteroatoms. The van der Waals surface area contributed by atoms with Crippen LogP contribution in [0.3, 0.4) is 0 Å². The van der Waals surface area contributed by atoms with Crippen molar-refractivity contribution in [3.63, 3.8) is 0 Å². The quantitative estimate of drug-likeness (QED) is 0.764. The molecular weight excluding hydrogens is 267 g/mol. The van der Waals surface area contributed by atoms with Crippen molar-refractivity contribution in [2.24, 2.45) is 0 Å². The fraction of sp³-hybridized carbons (Fsp3) is 0.364. The van der Waals surface area contributed by atoms with Crippen molar-refractivity contribution in [2.75, 3.05) is 13.7 Å². The standard InChI is InChI=1S/C11H12F3NO4/c1-19-8-3-2-6(4-7(8)16)9(10(17)18)15-5-11(12,13)14/h2-4,9,15-16H,5H2,1H3,(H,17,18). The Hall–Kier alpha value is -1.96. The van der Waals surface area contributed by atoms with Crippen molar-refractivity contribution in [2.45, 2.75) is 12.2 Å². The van der Waals surface area contributed by atoms with Gasteiger partial charge in [-0.05, 0) is 17.7 Å². The van der Waals surface area contributed by atoms with Gasteiger partial charge in [-0.25, -0.2) is 0 Å². The number of ether oxygens (including phenoxy) is 1. The lowest BCUT2D eigenvalue weighted by Gasteiger charge is -2.17. The molecule has 0 aliphatic carbocycles. The lowest BCUT2D eigenvalue weighted by molar-refractivity contribution is -0.143. The molecule has 0 spiro atoms. The summed E-state index contributed by atoms with van der Waals surface area (Å²) < 4.78 is 41.0. The molecule has 0 saturated heterocycles. The maximum absolute atomic E-state index is 12.1. The molecule has 1 atom stereocenters. The number of aromatic hydroxyl groups is 1. The van der Waals surface area contributed by atoms with E-state index in [2.05, 4.69) is 0 Å². The molecule has 1 aromatic rings. The van der Waals surface area contributed by atoms with Gasteiger partial charge in [-0.1, -0.05) is 6.07 Å². The molecule has 1 unspecified atom stereocenters. The zero-order valence-electron chi connectivity index (χ0n) is 9.86. The smallest absolute Gasteiger partial charge is 0.401 e. The van der Waals surface area contributed by atoms with Crippen molar-refractivity contribution >= 4 is 5.97 Å². The SMILES string of the molecule is COc1ccc(C(NCC(F)(F)F)C(=O)O)cc1O. The first-order valence-electron chi connectivity index (χ1n) is 5.14. The molecule has 3 N–H and O–H groups in total. The topological polar surface area (TPSA) is 78.8 Å². The monoisotopic (exact) mass is 279 g/mol. The van der Waals surface area contributed by atoms with Gasteiger partial charge in [0.15, 0.2) is 11.5 Å². The van der Waals surface area contributed by atoms with Gasteiger partial charge in [0.2, 0.25) is 0 Å². The molecule has 19 heavy (non-hydrogen) atoms. The highest BCUT2D eigenvalue weighted by molar-refractivity contribution is 5.76. The third-order valence-electron chi connectivity index (χ3n) is 2.29. The van der Waals surface area contributed by atoms with Crippen LogP contribution in [0.25, 0.3) is 0 Å². The van der Waals surface area contributed by atoms with Crippen molar-refractivity contribution < 1.29 is 32.9 Å². The number of aliphatic carboxylic acids is 1. The number of hydrogen-bond donors (Lipinski definition) is 3. The lowest BCUT2D eigenvalue weighted by Crippen LogP contribution is -2.36. The molecule has 0 aromatic heterocycles. The van der Waals surface area contributed by atoms with Crippen LogP contribution >= 0.6 is 0 Å². The van der Waals surface area contributed by atoms with E-state index >= 15 is 0 Å².